The first-order valence-corrected chi connectivity index (χ1v) is 12.7. The summed E-state index contributed by atoms with van der Waals surface area (Å²) in [5, 5.41) is 0. The van der Waals surface area contributed by atoms with Crippen molar-refractivity contribution in [2.24, 2.45) is 0 Å². The quantitative estimate of drug-likeness (QED) is 0.0847. The van der Waals surface area contributed by atoms with Crippen molar-refractivity contribution in [3.05, 3.63) is 12.2 Å². The average molecular weight is 461 g/mol. The number of hydrogen-bond acceptors (Lipinski definition) is 4. The Balaban J connectivity index is -0.00000108. The van der Waals surface area contributed by atoms with Crippen molar-refractivity contribution >= 4 is 45.9 Å². The fourth-order valence-electron chi connectivity index (χ4n) is 2.74. The van der Waals surface area contributed by atoms with Gasteiger partial charge in [-0.05, 0) is 38.5 Å². The van der Waals surface area contributed by atoms with Crippen molar-refractivity contribution in [2.75, 3.05) is 6.61 Å². The Morgan fingerprint density at radius 2 is 1.13 bits per heavy atom. The first kappa shape index (κ1) is 34.7. The summed E-state index contributed by atoms with van der Waals surface area (Å²) in [5.74, 6) is -0.0129. The van der Waals surface area contributed by atoms with Crippen molar-refractivity contribution in [1.82, 2.24) is 0 Å². The van der Waals surface area contributed by atoms with Crippen LogP contribution in [-0.2, 0) is 19.9 Å². The molecule has 0 aromatic rings. The fraction of sp³-hybridized carbons (Fsp3) is 0.864. The molecule has 0 saturated heterocycles. The van der Waals surface area contributed by atoms with E-state index in [0.717, 1.165) is 25.7 Å². The van der Waals surface area contributed by atoms with Crippen molar-refractivity contribution < 1.29 is 27.1 Å². The van der Waals surface area contributed by atoms with Gasteiger partial charge in [-0.1, -0.05) is 83.8 Å². The van der Waals surface area contributed by atoms with Gasteiger partial charge in [0.1, 0.15) is 0 Å². The van der Waals surface area contributed by atoms with Crippen LogP contribution in [0.15, 0.2) is 12.2 Å². The molecule has 0 rings (SSSR count). The molecule has 0 bridgehead atoms. The molecular formula is C22H45NaO6S. The summed E-state index contributed by atoms with van der Waals surface area (Å²) < 4.78 is 36.7. The van der Waals surface area contributed by atoms with E-state index in [4.69, 9.17) is 22.3 Å². The van der Waals surface area contributed by atoms with Crippen LogP contribution >= 0.6 is 0 Å². The van der Waals surface area contributed by atoms with E-state index in [1.54, 1.807) is 0 Å². The number of unbranched alkanes of at least 4 members (excludes halogenated alkanes) is 12. The van der Waals surface area contributed by atoms with Gasteiger partial charge in [0.25, 0.3) is 0 Å². The molecule has 0 heterocycles. The van der Waals surface area contributed by atoms with E-state index in [-0.39, 0.29) is 35.5 Å². The van der Waals surface area contributed by atoms with E-state index in [1.807, 2.05) is 0 Å². The monoisotopic (exact) mass is 460 g/mol. The van der Waals surface area contributed by atoms with Crippen LogP contribution in [0.25, 0.3) is 0 Å². The van der Waals surface area contributed by atoms with Crippen molar-refractivity contribution in [1.29, 1.82) is 0 Å². The Bertz CT molecular complexity index is 472. The van der Waals surface area contributed by atoms with Crippen molar-refractivity contribution in [2.45, 2.75) is 117 Å². The van der Waals surface area contributed by atoms with Crippen LogP contribution in [0.2, 0.25) is 0 Å². The predicted octanol–water partition coefficient (Wildman–Crippen LogP) is 6.07. The zero-order valence-electron chi connectivity index (χ0n) is 18.6. The van der Waals surface area contributed by atoms with Gasteiger partial charge in [-0.3, -0.25) is 13.9 Å². The second-order valence-electron chi connectivity index (χ2n) is 7.36. The normalized spacial score (nSPS) is 10.9. The molecule has 30 heavy (non-hydrogen) atoms. The molecular weight excluding hydrogens is 415 g/mol. The van der Waals surface area contributed by atoms with Gasteiger partial charge in [0.2, 0.25) is 0 Å². The molecule has 0 amide bonds. The van der Waals surface area contributed by atoms with E-state index in [9.17, 15) is 4.79 Å². The first-order chi connectivity index (χ1) is 13.8. The van der Waals surface area contributed by atoms with Gasteiger partial charge in [-0.15, -0.1) is 0 Å². The van der Waals surface area contributed by atoms with Crippen LogP contribution < -0.4 is 0 Å². The van der Waals surface area contributed by atoms with Crippen LogP contribution in [0.4, 0.5) is 0 Å². The standard InChI is InChI=1S/C22H42O2.Na.H2O4S.H/c1-3-5-7-8-9-10-11-12-13-14-15-16-17-18-19-20-22(23)24-21-6-4-2;;1-5(2,3)4;/h12-13H,3-11,14-21H2,1-2H3;;(H2,1,2,3,4);. The summed E-state index contributed by atoms with van der Waals surface area (Å²) in [6, 6.07) is 0. The average Bonchev–Trinajstić information content (AvgIpc) is 2.64. The Kier molecular flexibility index (Phi) is 31.4. The minimum atomic E-state index is -4.67. The van der Waals surface area contributed by atoms with Gasteiger partial charge in [-0.25, -0.2) is 0 Å². The van der Waals surface area contributed by atoms with Gasteiger partial charge in [-0.2, -0.15) is 8.42 Å². The SMILES string of the molecule is CCCCCCCCC=CCCCCCCCC(=O)OCCCC.O=S(=O)(O)O.[NaH]. The number of carbonyl (C=O) groups excluding carboxylic acids is 1. The van der Waals surface area contributed by atoms with E-state index in [0.29, 0.717) is 13.0 Å². The van der Waals surface area contributed by atoms with Crippen LogP contribution in [-0.4, -0.2) is 59.7 Å². The Morgan fingerprint density at radius 1 is 0.733 bits per heavy atom. The first-order valence-electron chi connectivity index (χ1n) is 11.3. The number of allylic oxidation sites excluding steroid dienone is 2. The Hall–Kier alpha value is 0.0800. The Labute approximate surface area is 207 Å². The minimum absolute atomic E-state index is 0. The number of rotatable bonds is 18. The van der Waals surface area contributed by atoms with Gasteiger partial charge < -0.3 is 4.74 Å². The molecule has 0 aliphatic heterocycles. The van der Waals surface area contributed by atoms with Gasteiger partial charge in [0, 0.05) is 6.42 Å². The summed E-state index contributed by atoms with van der Waals surface area (Å²) in [7, 11) is -4.67. The maximum absolute atomic E-state index is 11.4. The number of carbonyl (C=O) groups is 1. The van der Waals surface area contributed by atoms with E-state index >= 15 is 0 Å². The number of hydrogen-bond donors (Lipinski definition) is 2. The molecule has 0 fully saturated rings. The predicted molar refractivity (Wildman–Crippen MR) is 127 cm³/mol. The van der Waals surface area contributed by atoms with Gasteiger partial charge >= 0.3 is 45.9 Å². The van der Waals surface area contributed by atoms with E-state index in [2.05, 4.69) is 26.0 Å². The number of ether oxygens (including phenoxy) is 1. The molecule has 0 aliphatic carbocycles. The maximum atomic E-state index is 11.4. The van der Waals surface area contributed by atoms with Crippen molar-refractivity contribution in [3.8, 4) is 0 Å². The van der Waals surface area contributed by atoms with E-state index in [1.165, 1.54) is 70.6 Å². The Morgan fingerprint density at radius 3 is 1.60 bits per heavy atom. The van der Waals surface area contributed by atoms with E-state index < -0.39 is 10.4 Å². The zero-order valence-corrected chi connectivity index (χ0v) is 19.4. The van der Waals surface area contributed by atoms with Crippen LogP contribution in [0.5, 0.6) is 0 Å². The van der Waals surface area contributed by atoms with Gasteiger partial charge in [0.15, 0.2) is 0 Å². The third-order valence-corrected chi connectivity index (χ3v) is 4.40. The topological polar surface area (TPSA) is 101 Å². The third-order valence-electron chi connectivity index (χ3n) is 4.40. The summed E-state index contributed by atoms with van der Waals surface area (Å²) in [6.45, 7) is 4.98. The molecule has 8 heteroatoms. The molecule has 0 aromatic heterocycles. The summed E-state index contributed by atoms with van der Waals surface area (Å²) >= 11 is 0. The summed E-state index contributed by atoms with van der Waals surface area (Å²) in [5.41, 5.74) is 0. The van der Waals surface area contributed by atoms with Crippen LogP contribution in [0, 0.1) is 0 Å². The molecule has 0 aromatic carbocycles. The van der Waals surface area contributed by atoms with Crippen LogP contribution in [0.1, 0.15) is 117 Å². The van der Waals surface area contributed by atoms with Crippen LogP contribution in [0.3, 0.4) is 0 Å². The fourth-order valence-corrected chi connectivity index (χ4v) is 2.74. The molecule has 0 spiro atoms. The molecule has 2 N–H and O–H groups in total. The molecule has 176 valence electrons. The third kappa shape index (κ3) is 42.2. The second-order valence-corrected chi connectivity index (χ2v) is 8.25. The molecule has 0 atom stereocenters. The zero-order chi connectivity index (χ0) is 22.2. The molecule has 0 aliphatic rings. The molecule has 0 radical (unpaired) electrons. The summed E-state index contributed by atoms with van der Waals surface area (Å²) in [6.07, 6.45) is 24.1. The van der Waals surface area contributed by atoms with Crippen molar-refractivity contribution in [3.63, 3.8) is 0 Å². The summed E-state index contributed by atoms with van der Waals surface area (Å²) in [4.78, 5) is 11.4. The molecule has 0 saturated carbocycles. The van der Waals surface area contributed by atoms with Gasteiger partial charge in [0.05, 0.1) is 6.61 Å². The molecule has 6 nitrogen and oxygen atoms in total. The second kappa shape index (κ2) is 27.1. The number of esters is 1. The molecule has 0 unspecified atom stereocenters.